The molecule has 1 aromatic heterocycles. The molecule has 9 heteroatoms. The highest BCUT2D eigenvalue weighted by atomic mass is 32.2. The third kappa shape index (κ3) is 3.93. The summed E-state index contributed by atoms with van der Waals surface area (Å²) in [6.45, 7) is 0.215. The number of esters is 1. The Bertz CT molecular complexity index is 938. The van der Waals surface area contributed by atoms with Crippen molar-refractivity contribution < 1.29 is 27.4 Å². The van der Waals surface area contributed by atoms with Gasteiger partial charge in [-0.25, -0.2) is 13.1 Å². The molecule has 1 aliphatic rings. The summed E-state index contributed by atoms with van der Waals surface area (Å²) in [4.78, 5) is 23.8. The van der Waals surface area contributed by atoms with E-state index < -0.39 is 27.1 Å². The summed E-state index contributed by atoms with van der Waals surface area (Å²) >= 11 is 0. The van der Waals surface area contributed by atoms with Crippen LogP contribution in [0.5, 0.6) is 0 Å². The van der Waals surface area contributed by atoms with Crippen LogP contribution in [0.3, 0.4) is 0 Å². The van der Waals surface area contributed by atoms with Crippen LogP contribution >= 0.6 is 0 Å². The first-order chi connectivity index (χ1) is 11.9. The first-order valence-corrected chi connectivity index (χ1v) is 9.37. The normalized spacial score (nSPS) is 14.3. The van der Waals surface area contributed by atoms with Crippen LogP contribution in [0.15, 0.2) is 30.5 Å². The largest absolute Gasteiger partial charge is 0.469 e. The number of hydrogen-bond donors (Lipinski definition) is 1. The molecule has 1 amide bonds. The van der Waals surface area contributed by atoms with E-state index in [0.29, 0.717) is 23.7 Å². The fraction of sp³-hybridized carbons (Fsp3) is 0.375. The number of ether oxygens (including phenoxy) is 1. The molecule has 25 heavy (non-hydrogen) atoms. The van der Waals surface area contributed by atoms with E-state index in [4.69, 9.17) is 0 Å². The lowest BCUT2D eigenvalue weighted by Gasteiger charge is -2.07. The molecule has 0 saturated heterocycles. The zero-order valence-corrected chi connectivity index (χ0v) is 14.5. The number of sulfonamides is 1. The molecule has 0 aliphatic heterocycles. The van der Waals surface area contributed by atoms with E-state index >= 15 is 0 Å². The first kappa shape index (κ1) is 17.3. The molecule has 132 valence electrons. The second-order valence-electron chi connectivity index (χ2n) is 5.82. The van der Waals surface area contributed by atoms with Crippen LogP contribution in [-0.2, 0) is 26.1 Å². The van der Waals surface area contributed by atoms with Crippen molar-refractivity contribution in [1.29, 1.82) is 0 Å². The van der Waals surface area contributed by atoms with Gasteiger partial charge in [0.15, 0.2) is 6.54 Å². The predicted octanol–water partition coefficient (Wildman–Crippen LogP) is 0.307. The van der Waals surface area contributed by atoms with Gasteiger partial charge in [0.25, 0.3) is 5.91 Å². The lowest BCUT2D eigenvalue weighted by molar-refractivity contribution is -0.750. The minimum absolute atomic E-state index is 0.0912. The van der Waals surface area contributed by atoms with Crippen LogP contribution in [0, 0.1) is 0 Å². The summed E-state index contributed by atoms with van der Waals surface area (Å²) in [5.41, 5.74) is 0.725. The number of rotatable bonds is 6. The molecule has 1 saturated carbocycles. The smallest absolute Gasteiger partial charge is 0.312 e. The van der Waals surface area contributed by atoms with E-state index in [1.54, 1.807) is 24.3 Å². The molecule has 1 N–H and O–H groups in total. The molecule has 0 unspecified atom stereocenters. The zero-order valence-electron chi connectivity index (χ0n) is 13.6. The highest BCUT2D eigenvalue weighted by molar-refractivity contribution is 7.91. The van der Waals surface area contributed by atoms with Crippen LogP contribution in [0.1, 0.15) is 29.6 Å². The average molecular weight is 364 g/mol. The summed E-state index contributed by atoms with van der Waals surface area (Å²) in [7, 11) is -2.35. The third-order valence-corrected chi connectivity index (χ3v) is 5.74. The number of nitrogens with one attached hydrogen (secondary N) is 1. The average Bonchev–Trinajstić information content (AvgIpc) is 3.44. The summed E-state index contributed by atoms with van der Waals surface area (Å²) in [5.74, 6) is -1.10. The second kappa shape index (κ2) is 6.75. The number of aryl methyl sites for hydroxylation is 1. The monoisotopic (exact) mass is 364 g/mol. The van der Waals surface area contributed by atoms with E-state index in [1.807, 2.05) is 0 Å². The molecule has 1 aromatic carbocycles. The summed E-state index contributed by atoms with van der Waals surface area (Å²) in [6, 6.07) is 6.93. The second-order valence-corrected chi connectivity index (χ2v) is 7.79. The SMILES string of the molecule is COC(=O)CC[n+]1cc(C(=O)NS(=O)(=O)C2CC2)c2ccccc2n1. The number of methoxy groups -OCH3 is 1. The summed E-state index contributed by atoms with van der Waals surface area (Å²) in [6.07, 6.45) is 2.68. The number of benzene rings is 1. The minimum Gasteiger partial charge on any atom is -0.469 e. The molecule has 1 heterocycles. The van der Waals surface area contributed by atoms with E-state index in [1.165, 1.54) is 18.0 Å². The van der Waals surface area contributed by atoms with Gasteiger partial charge < -0.3 is 4.74 Å². The van der Waals surface area contributed by atoms with Gasteiger partial charge in [-0.15, -0.1) is 0 Å². The molecule has 1 aliphatic carbocycles. The molecule has 2 aromatic rings. The number of carbonyl (C=O) groups is 2. The predicted molar refractivity (Wildman–Crippen MR) is 88.0 cm³/mol. The Morgan fingerprint density at radius 1 is 1.32 bits per heavy atom. The summed E-state index contributed by atoms with van der Waals surface area (Å²) < 4.78 is 32.2. The zero-order chi connectivity index (χ0) is 18.0. The van der Waals surface area contributed by atoms with Gasteiger partial charge >= 0.3 is 5.97 Å². The van der Waals surface area contributed by atoms with Crippen molar-refractivity contribution in [2.45, 2.75) is 31.1 Å². The van der Waals surface area contributed by atoms with Crippen molar-refractivity contribution in [2.75, 3.05) is 7.11 Å². The van der Waals surface area contributed by atoms with Crippen molar-refractivity contribution in [1.82, 2.24) is 9.82 Å². The Kier molecular flexibility index (Phi) is 4.67. The molecule has 8 nitrogen and oxygen atoms in total. The topological polar surface area (TPSA) is 106 Å². The van der Waals surface area contributed by atoms with Crippen molar-refractivity contribution in [2.24, 2.45) is 0 Å². The van der Waals surface area contributed by atoms with Crippen LogP contribution in [0.2, 0.25) is 0 Å². The Morgan fingerprint density at radius 2 is 2.04 bits per heavy atom. The molecule has 3 rings (SSSR count). The van der Waals surface area contributed by atoms with Crippen molar-refractivity contribution >= 4 is 32.8 Å². The van der Waals surface area contributed by atoms with E-state index in [-0.39, 0.29) is 18.5 Å². The highest BCUT2D eigenvalue weighted by Gasteiger charge is 2.37. The number of fused-ring (bicyclic) bond motifs is 1. The first-order valence-electron chi connectivity index (χ1n) is 7.83. The summed E-state index contributed by atoms with van der Waals surface area (Å²) in [5, 5.41) is 4.40. The molecule has 0 atom stereocenters. The van der Waals surface area contributed by atoms with Crippen molar-refractivity contribution in [3.8, 4) is 0 Å². The van der Waals surface area contributed by atoms with Gasteiger partial charge in [0, 0.05) is 10.5 Å². The van der Waals surface area contributed by atoms with Gasteiger partial charge in [0.2, 0.25) is 16.2 Å². The lowest BCUT2D eigenvalue weighted by atomic mass is 10.1. The number of nitrogens with zero attached hydrogens (tertiary/aromatic N) is 2. The maximum absolute atomic E-state index is 12.5. The van der Waals surface area contributed by atoms with Gasteiger partial charge in [-0.3, -0.25) is 9.59 Å². The fourth-order valence-electron chi connectivity index (χ4n) is 2.42. The Morgan fingerprint density at radius 3 is 2.72 bits per heavy atom. The van der Waals surface area contributed by atoms with Gasteiger partial charge in [-0.1, -0.05) is 22.9 Å². The quantitative estimate of drug-likeness (QED) is 0.584. The number of amides is 1. The Labute approximate surface area is 144 Å². The maximum Gasteiger partial charge on any atom is 0.312 e. The third-order valence-electron chi connectivity index (χ3n) is 3.92. The van der Waals surface area contributed by atoms with Gasteiger partial charge in [-0.05, 0) is 18.9 Å². The van der Waals surface area contributed by atoms with Crippen molar-refractivity contribution in [3.05, 3.63) is 36.0 Å². The molecule has 1 fully saturated rings. The molecular weight excluding hydrogens is 346 g/mol. The molecule has 0 radical (unpaired) electrons. The lowest BCUT2D eigenvalue weighted by Crippen LogP contribution is -2.41. The van der Waals surface area contributed by atoms with Gasteiger partial charge in [0.05, 0.1) is 12.4 Å². The maximum atomic E-state index is 12.5. The van der Waals surface area contributed by atoms with Crippen LogP contribution in [-0.4, -0.2) is 37.8 Å². The number of carbonyl (C=O) groups excluding carboxylic acids is 2. The van der Waals surface area contributed by atoms with E-state index in [0.717, 1.165) is 0 Å². The van der Waals surface area contributed by atoms with Crippen LogP contribution < -0.4 is 9.40 Å². The fourth-order valence-corrected chi connectivity index (χ4v) is 3.72. The van der Waals surface area contributed by atoms with E-state index in [2.05, 4.69) is 14.6 Å². The van der Waals surface area contributed by atoms with Gasteiger partial charge in [-0.2, -0.15) is 0 Å². The molecule has 0 bridgehead atoms. The van der Waals surface area contributed by atoms with E-state index in [9.17, 15) is 18.0 Å². The Hall–Kier alpha value is -2.55. The highest BCUT2D eigenvalue weighted by Crippen LogP contribution is 2.27. The molecule has 0 spiro atoms. The van der Waals surface area contributed by atoms with Crippen molar-refractivity contribution in [3.63, 3.8) is 0 Å². The van der Waals surface area contributed by atoms with Gasteiger partial charge in [0.1, 0.15) is 17.5 Å². The number of aromatic nitrogens is 2. The number of hydrogen-bond acceptors (Lipinski definition) is 6. The molecular formula is C16H18N3O5S+. The standard InChI is InChI=1S/C16H17N3O5S/c1-24-15(20)8-9-19-10-13(12-4-2-3-5-14(12)17-19)16(21)18-25(22,23)11-6-7-11/h2-5,10-11H,6-9H2,1H3/p+1. The van der Waals surface area contributed by atoms with Crippen LogP contribution in [0.25, 0.3) is 10.9 Å². The Balaban J connectivity index is 1.94. The van der Waals surface area contributed by atoms with Crippen LogP contribution in [0.4, 0.5) is 0 Å². The minimum atomic E-state index is -3.65.